The van der Waals surface area contributed by atoms with Crippen LogP contribution in [0, 0.1) is 0 Å². The van der Waals surface area contributed by atoms with Gasteiger partial charge in [0.25, 0.3) is 0 Å². The van der Waals surface area contributed by atoms with E-state index in [2.05, 4.69) is 15.5 Å². The molecular weight excluding hydrogens is 180 g/mol. The van der Waals surface area contributed by atoms with Crippen molar-refractivity contribution in [2.45, 2.75) is 19.9 Å². The highest BCUT2D eigenvalue weighted by Gasteiger charge is 2.24. The topological polar surface area (TPSA) is 58.1 Å². The van der Waals surface area contributed by atoms with E-state index in [9.17, 15) is 4.79 Å². The van der Waals surface area contributed by atoms with Crippen molar-refractivity contribution < 1.29 is 4.79 Å². The highest BCUT2D eigenvalue weighted by atomic mass is 16.2. The maximum Gasteiger partial charge on any atom is 0.224 e. The van der Waals surface area contributed by atoms with Gasteiger partial charge in [-0.15, -0.1) is 5.10 Å². The van der Waals surface area contributed by atoms with Crippen LogP contribution in [-0.4, -0.2) is 28.7 Å². The molecule has 0 radical (unpaired) electrons. The Hall–Kier alpha value is -1.65. The summed E-state index contributed by atoms with van der Waals surface area (Å²) >= 11 is 0. The monoisotopic (exact) mass is 192 g/mol. The summed E-state index contributed by atoms with van der Waals surface area (Å²) in [6.45, 7) is 4.24. The van der Waals surface area contributed by atoms with Crippen LogP contribution in [0.3, 0.4) is 0 Å². The molecule has 1 aromatic heterocycles. The lowest BCUT2D eigenvalue weighted by atomic mass is 10.2. The molecule has 0 unspecified atom stereocenters. The predicted octanol–water partition coefficient (Wildman–Crippen LogP) is 0.643. The number of rotatable bonds is 0. The summed E-state index contributed by atoms with van der Waals surface area (Å²) in [4.78, 5) is 13.1. The minimum atomic E-state index is 0.0348. The zero-order valence-corrected chi connectivity index (χ0v) is 8.19. The quantitative estimate of drug-likeness (QED) is 0.655. The first-order valence-electron chi connectivity index (χ1n) is 4.55. The van der Waals surface area contributed by atoms with Gasteiger partial charge in [-0.25, -0.2) is 0 Å². The average Bonchev–Trinajstić information content (AvgIpc) is 2.16. The van der Waals surface area contributed by atoms with Crippen LogP contribution in [0.25, 0.3) is 0 Å². The zero-order valence-electron chi connectivity index (χ0n) is 8.19. The Kier molecular flexibility index (Phi) is 2.07. The van der Waals surface area contributed by atoms with Gasteiger partial charge < -0.3 is 10.2 Å². The second-order valence-electron chi connectivity index (χ2n) is 3.44. The maximum absolute atomic E-state index is 11.4. The molecule has 5 heteroatoms. The van der Waals surface area contributed by atoms with Crippen molar-refractivity contribution in [3.05, 3.63) is 12.3 Å². The Morgan fingerprint density at radius 2 is 2.50 bits per heavy atom. The molecule has 1 amide bonds. The Labute approximate surface area is 82.1 Å². The molecule has 0 saturated heterocycles. The number of hydrogen-bond acceptors (Lipinski definition) is 4. The molecule has 0 fully saturated rings. The largest absolute Gasteiger partial charge is 0.363 e. The summed E-state index contributed by atoms with van der Waals surface area (Å²) < 4.78 is 0. The van der Waals surface area contributed by atoms with Crippen LogP contribution in [0.2, 0.25) is 0 Å². The molecule has 74 valence electrons. The standard InChI is InChI=1S/C9H12N4O/c1-6-5-13(7(2)14)8-3-4-10-12-9(8)11-6/h3-4,6H,5H2,1-2H3,(H,11,12)/t6-/m0/s1. The molecule has 1 aromatic rings. The molecule has 0 aliphatic carbocycles. The SMILES string of the molecule is CC(=O)N1C[C@H](C)Nc2nnccc21. The molecule has 1 N–H and O–H groups in total. The van der Waals surface area contributed by atoms with E-state index in [1.807, 2.05) is 6.92 Å². The molecule has 0 aromatic carbocycles. The van der Waals surface area contributed by atoms with E-state index in [1.54, 1.807) is 24.1 Å². The molecule has 1 atom stereocenters. The molecular formula is C9H12N4O. The van der Waals surface area contributed by atoms with Crippen LogP contribution in [0.4, 0.5) is 11.5 Å². The molecule has 5 nitrogen and oxygen atoms in total. The molecule has 0 bridgehead atoms. The number of fused-ring (bicyclic) bond motifs is 1. The summed E-state index contributed by atoms with van der Waals surface area (Å²) in [5.41, 5.74) is 0.811. The number of amides is 1. The lowest BCUT2D eigenvalue weighted by Gasteiger charge is -2.32. The highest BCUT2D eigenvalue weighted by Crippen LogP contribution is 2.27. The van der Waals surface area contributed by atoms with Crippen molar-refractivity contribution >= 4 is 17.4 Å². The summed E-state index contributed by atoms with van der Waals surface area (Å²) in [7, 11) is 0. The summed E-state index contributed by atoms with van der Waals surface area (Å²) in [6, 6.07) is 2.01. The number of aromatic nitrogens is 2. The van der Waals surface area contributed by atoms with Crippen molar-refractivity contribution in [3.8, 4) is 0 Å². The lowest BCUT2D eigenvalue weighted by Crippen LogP contribution is -2.42. The van der Waals surface area contributed by atoms with Crippen LogP contribution in [-0.2, 0) is 4.79 Å². The van der Waals surface area contributed by atoms with E-state index in [4.69, 9.17) is 0 Å². The number of nitrogens with zero attached hydrogens (tertiary/aromatic N) is 3. The third-order valence-electron chi connectivity index (χ3n) is 2.21. The van der Waals surface area contributed by atoms with E-state index in [0.717, 1.165) is 5.69 Å². The molecule has 14 heavy (non-hydrogen) atoms. The smallest absolute Gasteiger partial charge is 0.224 e. The molecule has 2 rings (SSSR count). The van der Waals surface area contributed by atoms with Crippen molar-refractivity contribution in [2.24, 2.45) is 0 Å². The minimum Gasteiger partial charge on any atom is -0.363 e. The first-order chi connectivity index (χ1) is 6.68. The summed E-state index contributed by atoms with van der Waals surface area (Å²) in [5.74, 6) is 0.717. The Morgan fingerprint density at radius 1 is 1.71 bits per heavy atom. The van der Waals surface area contributed by atoms with Gasteiger partial charge in [0.2, 0.25) is 5.91 Å². The number of anilines is 2. The van der Waals surface area contributed by atoms with Crippen molar-refractivity contribution in [1.82, 2.24) is 10.2 Å². The zero-order chi connectivity index (χ0) is 10.1. The van der Waals surface area contributed by atoms with Crippen LogP contribution < -0.4 is 10.2 Å². The Morgan fingerprint density at radius 3 is 3.21 bits per heavy atom. The molecule has 1 aliphatic rings. The second-order valence-corrected chi connectivity index (χ2v) is 3.44. The predicted molar refractivity (Wildman–Crippen MR) is 53.1 cm³/mol. The molecule has 1 aliphatic heterocycles. The Bertz CT molecular complexity index is 366. The third kappa shape index (κ3) is 1.41. The van der Waals surface area contributed by atoms with Crippen molar-refractivity contribution in [1.29, 1.82) is 0 Å². The van der Waals surface area contributed by atoms with Gasteiger partial charge in [-0.3, -0.25) is 4.79 Å². The van der Waals surface area contributed by atoms with Gasteiger partial charge in [0.05, 0.1) is 11.9 Å². The maximum atomic E-state index is 11.4. The molecule has 0 saturated carbocycles. The van der Waals surface area contributed by atoms with Crippen molar-refractivity contribution in [3.63, 3.8) is 0 Å². The first kappa shape index (κ1) is 8.93. The van der Waals surface area contributed by atoms with Crippen LogP contribution in [0.5, 0.6) is 0 Å². The fourth-order valence-corrected chi connectivity index (χ4v) is 1.60. The second kappa shape index (κ2) is 3.25. The van der Waals surface area contributed by atoms with Gasteiger partial charge in [-0.2, -0.15) is 5.10 Å². The Balaban J connectivity index is 2.43. The van der Waals surface area contributed by atoms with Gasteiger partial charge in [0, 0.05) is 19.5 Å². The highest BCUT2D eigenvalue weighted by molar-refractivity contribution is 5.95. The van der Waals surface area contributed by atoms with Gasteiger partial charge in [-0.1, -0.05) is 0 Å². The van der Waals surface area contributed by atoms with Crippen molar-refractivity contribution in [2.75, 3.05) is 16.8 Å². The summed E-state index contributed by atoms with van der Waals surface area (Å²) in [5, 5.41) is 10.9. The minimum absolute atomic E-state index is 0.0348. The number of carbonyl (C=O) groups excluding carboxylic acids is 1. The van der Waals surface area contributed by atoms with Gasteiger partial charge >= 0.3 is 0 Å². The van der Waals surface area contributed by atoms with E-state index in [1.165, 1.54) is 0 Å². The van der Waals surface area contributed by atoms with Crippen LogP contribution in [0.15, 0.2) is 12.3 Å². The number of carbonyl (C=O) groups is 1. The van der Waals surface area contributed by atoms with Gasteiger partial charge in [-0.05, 0) is 13.0 Å². The van der Waals surface area contributed by atoms with Gasteiger partial charge in [0.1, 0.15) is 0 Å². The lowest BCUT2D eigenvalue weighted by molar-refractivity contribution is -0.116. The van der Waals surface area contributed by atoms with Crippen LogP contribution in [0.1, 0.15) is 13.8 Å². The summed E-state index contributed by atoms with van der Waals surface area (Å²) in [6.07, 6.45) is 1.59. The average molecular weight is 192 g/mol. The van der Waals surface area contributed by atoms with Crippen LogP contribution >= 0.6 is 0 Å². The van der Waals surface area contributed by atoms with Gasteiger partial charge in [0.15, 0.2) is 5.82 Å². The third-order valence-corrected chi connectivity index (χ3v) is 2.21. The van der Waals surface area contributed by atoms with E-state index in [-0.39, 0.29) is 11.9 Å². The number of hydrogen-bond donors (Lipinski definition) is 1. The fourth-order valence-electron chi connectivity index (χ4n) is 1.60. The van der Waals surface area contributed by atoms with E-state index < -0.39 is 0 Å². The van der Waals surface area contributed by atoms with E-state index in [0.29, 0.717) is 12.4 Å². The van der Waals surface area contributed by atoms with E-state index >= 15 is 0 Å². The molecule has 0 spiro atoms. The first-order valence-corrected chi connectivity index (χ1v) is 4.55. The fraction of sp³-hybridized carbons (Fsp3) is 0.444. The normalized spacial score (nSPS) is 19.9. The molecule has 2 heterocycles. The number of nitrogens with one attached hydrogen (secondary N) is 1.